The third-order valence-electron chi connectivity index (χ3n) is 4.58. The van der Waals surface area contributed by atoms with Crippen LogP contribution in [0, 0.1) is 0 Å². The lowest BCUT2D eigenvalue weighted by Crippen LogP contribution is -2.01. The topological polar surface area (TPSA) is 46.2 Å². The first kappa shape index (κ1) is 17.4. The van der Waals surface area contributed by atoms with E-state index in [2.05, 4.69) is 0 Å². The molecular formula is C20H24O5. The summed E-state index contributed by atoms with van der Waals surface area (Å²) in [5, 5.41) is 0. The first-order chi connectivity index (χ1) is 12.2. The zero-order valence-corrected chi connectivity index (χ0v) is 15.1. The molecule has 3 rings (SSSR count). The van der Waals surface area contributed by atoms with E-state index in [4.69, 9.17) is 23.7 Å². The molecule has 0 radical (unpaired) electrons. The lowest BCUT2D eigenvalue weighted by atomic mass is 10.0. The van der Waals surface area contributed by atoms with Gasteiger partial charge < -0.3 is 23.7 Å². The minimum Gasteiger partial charge on any atom is -0.493 e. The van der Waals surface area contributed by atoms with Gasteiger partial charge in [0.25, 0.3) is 0 Å². The summed E-state index contributed by atoms with van der Waals surface area (Å²) in [7, 11) is 6.56. The van der Waals surface area contributed by atoms with E-state index in [0.29, 0.717) is 0 Å². The average Bonchev–Trinajstić information content (AvgIpc) is 3.17. The molecule has 2 atom stereocenters. The molecule has 0 bridgehead atoms. The molecule has 0 N–H and O–H groups in total. The van der Waals surface area contributed by atoms with Crippen molar-refractivity contribution < 1.29 is 23.7 Å². The summed E-state index contributed by atoms with van der Waals surface area (Å²) in [6.45, 7) is 0. The zero-order chi connectivity index (χ0) is 17.8. The molecule has 5 nitrogen and oxygen atoms in total. The third-order valence-corrected chi connectivity index (χ3v) is 4.58. The fraction of sp³-hybridized carbons (Fsp3) is 0.400. The number of hydrogen-bond acceptors (Lipinski definition) is 5. The summed E-state index contributed by atoms with van der Waals surface area (Å²) in [4.78, 5) is 0. The molecule has 1 fully saturated rings. The Balaban J connectivity index is 1.78. The Kier molecular flexibility index (Phi) is 5.34. The maximum atomic E-state index is 6.29. The zero-order valence-electron chi connectivity index (χ0n) is 15.1. The van der Waals surface area contributed by atoms with E-state index < -0.39 is 0 Å². The van der Waals surface area contributed by atoms with Gasteiger partial charge in [0, 0.05) is 0 Å². The van der Waals surface area contributed by atoms with Crippen molar-refractivity contribution in [1.29, 1.82) is 0 Å². The summed E-state index contributed by atoms with van der Waals surface area (Å²) in [6, 6.07) is 11.9. The predicted octanol–water partition coefficient (Wildman–Crippen LogP) is 4.31. The molecule has 134 valence electrons. The van der Waals surface area contributed by atoms with Gasteiger partial charge in [-0.05, 0) is 48.2 Å². The number of hydrogen-bond donors (Lipinski definition) is 0. The standard InChI is InChI=1S/C20H24O5/c1-21-17-7-5-13(11-19(17)23-3)15-9-10-16(25-15)14-6-8-18(22-2)20(12-14)24-4/h5-8,11-12,15-16H,9-10H2,1-4H3. The molecule has 0 amide bonds. The maximum absolute atomic E-state index is 6.29. The minimum atomic E-state index is 0.0397. The summed E-state index contributed by atoms with van der Waals surface area (Å²) in [6.07, 6.45) is 1.99. The summed E-state index contributed by atoms with van der Waals surface area (Å²) in [5.74, 6) is 2.89. The van der Waals surface area contributed by atoms with Gasteiger partial charge in [0.15, 0.2) is 23.0 Å². The molecule has 0 aromatic heterocycles. The first-order valence-corrected chi connectivity index (χ1v) is 8.29. The smallest absolute Gasteiger partial charge is 0.161 e. The molecule has 2 aromatic rings. The van der Waals surface area contributed by atoms with Crippen LogP contribution in [0.25, 0.3) is 0 Å². The monoisotopic (exact) mass is 344 g/mol. The third kappa shape index (κ3) is 3.51. The van der Waals surface area contributed by atoms with Crippen LogP contribution < -0.4 is 18.9 Å². The highest BCUT2D eigenvalue weighted by Crippen LogP contribution is 2.44. The second-order valence-corrected chi connectivity index (χ2v) is 5.92. The lowest BCUT2D eigenvalue weighted by molar-refractivity contribution is 0.0438. The second-order valence-electron chi connectivity index (χ2n) is 5.92. The summed E-state index contributed by atoms with van der Waals surface area (Å²) >= 11 is 0. The van der Waals surface area contributed by atoms with Crippen LogP contribution in [0.15, 0.2) is 36.4 Å². The highest BCUT2D eigenvalue weighted by atomic mass is 16.5. The Labute approximate surface area is 148 Å². The number of methoxy groups -OCH3 is 4. The van der Waals surface area contributed by atoms with Crippen LogP contribution in [-0.4, -0.2) is 28.4 Å². The molecule has 0 aliphatic carbocycles. The van der Waals surface area contributed by atoms with Crippen LogP contribution in [0.1, 0.15) is 36.2 Å². The molecule has 0 spiro atoms. The minimum absolute atomic E-state index is 0.0397. The van der Waals surface area contributed by atoms with Gasteiger partial charge in [-0.1, -0.05) is 12.1 Å². The van der Waals surface area contributed by atoms with Crippen LogP contribution >= 0.6 is 0 Å². The Morgan fingerprint density at radius 2 is 1.04 bits per heavy atom. The molecule has 2 aromatic carbocycles. The summed E-state index contributed by atoms with van der Waals surface area (Å²) in [5.41, 5.74) is 2.20. The SMILES string of the molecule is COc1ccc(C2CCC(c3ccc(OC)c(OC)c3)O2)cc1OC. The normalized spacial score (nSPS) is 19.5. The van der Waals surface area contributed by atoms with E-state index in [-0.39, 0.29) is 12.2 Å². The van der Waals surface area contributed by atoms with Crippen molar-refractivity contribution >= 4 is 0 Å². The first-order valence-electron chi connectivity index (χ1n) is 8.29. The van der Waals surface area contributed by atoms with Gasteiger partial charge in [-0.2, -0.15) is 0 Å². The van der Waals surface area contributed by atoms with E-state index >= 15 is 0 Å². The van der Waals surface area contributed by atoms with Crippen LogP contribution in [-0.2, 0) is 4.74 Å². The molecular weight excluding hydrogens is 320 g/mol. The number of ether oxygens (including phenoxy) is 5. The molecule has 1 aliphatic heterocycles. The van der Waals surface area contributed by atoms with Crippen molar-refractivity contribution in [2.75, 3.05) is 28.4 Å². The van der Waals surface area contributed by atoms with Crippen LogP contribution in [0.3, 0.4) is 0 Å². The highest BCUT2D eigenvalue weighted by molar-refractivity contribution is 5.45. The molecule has 1 heterocycles. The van der Waals surface area contributed by atoms with Crippen molar-refractivity contribution in [2.45, 2.75) is 25.0 Å². The fourth-order valence-corrected chi connectivity index (χ4v) is 3.23. The van der Waals surface area contributed by atoms with Gasteiger partial charge in [0.05, 0.1) is 40.6 Å². The molecule has 25 heavy (non-hydrogen) atoms. The van der Waals surface area contributed by atoms with Gasteiger partial charge in [0.2, 0.25) is 0 Å². The predicted molar refractivity (Wildman–Crippen MR) is 94.9 cm³/mol. The van der Waals surface area contributed by atoms with Gasteiger partial charge in [-0.15, -0.1) is 0 Å². The quantitative estimate of drug-likeness (QED) is 0.781. The van der Waals surface area contributed by atoms with E-state index in [1.165, 1.54) is 0 Å². The molecule has 0 saturated carbocycles. The van der Waals surface area contributed by atoms with Crippen LogP contribution in [0.2, 0.25) is 0 Å². The molecule has 1 aliphatic rings. The van der Waals surface area contributed by atoms with E-state index in [1.54, 1.807) is 28.4 Å². The Morgan fingerprint density at radius 1 is 0.640 bits per heavy atom. The largest absolute Gasteiger partial charge is 0.493 e. The van der Waals surface area contributed by atoms with E-state index in [1.807, 2.05) is 36.4 Å². The number of benzene rings is 2. The van der Waals surface area contributed by atoms with Gasteiger partial charge in [-0.3, -0.25) is 0 Å². The Hall–Kier alpha value is -2.40. The van der Waals surface area contributed by atoms with Crippen molar-refractivity contribution in [2.24, 2.45) is 0 Å². The van der Waals surface area contributed by atoms with Crippen molar-refractivity contribution in [3.63, 3.8) is 0 Å². The molecule has 5 heteroatoms. The van der Waals surface area contributed by atoms with Gasteiger partial charge in [0.1, 0.15) is 0 Å². The van der Waals surface area contributed by atoms with Crippen LogP contribution in [0.4, 0.5) is 0 Å². The fourth-order valence-electron chi connectivity index (χ4n) is 3.23. The van der Waals surface area contributed by atoms with Gasteiger partial charge >= 0.3 is 0 Å². The maximum Gasteiger partial charge on any atom is 0.161 e. The van der Waals surface area contributed by atoms with Crippen molar-refractivity contribution in [1.82, 2.24) is 0 Å². The van der Waals surface area contributed by atoms with Crippen molar-refractivity contribution in [3.05, 3.63) is 47.5 Å². The molecule has 1 saturated heterocycles. The van der Waals surface area contributed by atoms with E-state index in [0.717, 1.165) is 47.0 Å². The number of rotatable bonds is 6. The van der Waals surface area contributed by atoms with E-state index in [9.17, 15) is 0 Å². The Morgan fingerprint density at radius 3 is 1.40 bits per heavy atom. The second kappa shape index (κ2) is 7.66. The average molecular weight is 344 g/mol. The Bertz CT molecular complexity index is 667. The lowest BCUT2D eigenvalue weighted by Gasteiger charge is -2.17. The van der Waals surface area contributed by atoms with Crippen molar-refractivity contribution in [3.8, 4) is 23.0 Å². The van der Waals surface area contributed by atoms with Gasteiger partial charge in [-0.25, -0.2) is 0 Å². The molecule has 2 unspecified atom stereocenters. The highest BCUT2D eigenvalue weighted by Gasteiger charge is 2.29. The summed E-state index contributed by atoms with van der Waals surface area (Å²) < 4.78 is 27.7. The van der Waals surface area contributed by atoms with Crippen LogP contribution in [0.5, 0.6) is 23.0 Å².